The summed E-state index contributed by atoms with van der Waals surface area (Å²) in [6.07, 6.45) is 11.7. The van der Waals surface area contributed by atoms with Crippen LogP contribution in [0.3, 0.4) is 0 Å². The van der Waals surface area contributed by atoms with Crippen molar-refractivity contribution >= 4 is 17.9 Å². The number of carbonyl (C=O) groups is 3. The van der Waals surface area contributed by atoms with E-state index in [1.807, 2.05) is 0 Å². The molecule has 1 unspecified atom stereocenters. The maximum absolute atomic E-state index is 14.7. The highest BCUT2D eigenvalue weighted by Gasteiger charge is 2.18. The number of hydrogen-bond donors (Lipinski definition) is 0. The predicted octanol–water partition coefficient (Wildman–Crippen LogP) is 9.52. The van der Waals surface area contributed by atoms with Gasteiger partial charge in [0, 0.05) is 6.07 Å². The molecule has 0 radical (unpaired) electrons. The van der Waals surface area contributed by atoms with Crippen molar-refractivity contribution in [2.75, 3.05) is 6.61 Å². The van der Waals surface area contributed by atoms with Crippen molar-refractivity contribution in [2.45, 2.75) is 97.5 Å². The fourth-order valence-electron chi connectivity index (χ4n) is 4.64. The molecule has 3 aromatic carbocycles. The van der Waals surface area contributed by atoms with Crippen LogP contribution in [-0.4, -0.2) is 30.6 Å². The Labute approximate surface area is 266 Å². The number of rotatable bonds is 19. The van der Waals surface area contributed by atoms with E-state index in [4.69, 9.17) is 18.9 Å². The highest BCUT2D eigenvalue weighted by molar-refractivity contribution is 5.93. The highest BCUT2D eigenvalue weighted by Crippen LogP contribution is 2.22. The van der Waals surface area contributed by atoms with Crippen LogP contribution in [0.2, 0.25) is 0 Å². The van der Waals surface area contributed by atoms with E-state index in [0.29, 0.717) is 24.3 Å². The highest BCUT2D eigenvalue weighted by atomic mass is 19.1. The van der Waals surface area contributed by atoms with Gasteiger partial charge in [-0.05, 0) is 86.8 Å². The fourth-order valence-corrected chi connectivity index (χ4v) is 4.64. The Morgan fingerprint density at radius 1 is 0.622 bits per heavy atom. The van der Waals surface area contributed by atoms with Crippen LogP contribution < -0.4 is 14.2 Å². The van der Waals surface area contributed by atoms with Crippen LogP contribution in [0.1, 0.15) is 122 Å². The average molecular weight is 621 g/mol. The number of esters is 3. The molecular formula is C37H45FO7. The Kier molecular flexibility index (Phi) is 15.1. The number of carbonyl (C=O) groups excluding carboxylic acids is 3. The van der Waals surface area contributed by atoms with Gasteiger partial charge in [0.1, 0.15) is 23.1 Å². The summed E-state index contributed by atoms with van der Waals surface area (Å²) in [5, 5.41) is 0. The van der Waals surface area contributed by atoms with Crippen LogP contribution in [0.4, 0.5) is 4.39 Å². The van der Waals surface area contributed by atoms with E-state index in [0.717, 1.165) is 44.6 Å². The van der Waals surface area contributed by atoms with Gasteiger partial charge in [0.15, 0.2) is 0 Å². The van der Waals surface area contributed by atoms with Crippen LogP contribution in [0.15, 0.2) is 66.7 Å². The van der Waals surface area contributed by atoms with Crippen molar-refractivity contribution < 1.29 is 37.7 Å². The van der Waals surface area contributed by atoms with Gasteiger partial charge in [-0.25, -0.2) is 18.8 Å². The Bertz CT molecular complexity index is 1350. The van der Waals surface area contributed by atoms with Crippen molar-refractivity contribution in [3.05, 3.63) is 89.2 Å². The molecule has 0 bridgehead atoms. The summed E-state index contributed by atoms with van der Waals surface area (Å²) in [4.78, 5) is 37.6. The lowest BCUT2D eigenvalue weighted by Crippen LogP contribution is -2.16. The van der Waals surface area contributed by atoms with E-state index in [1.165, 1.54) is 62.1 Å². The lowest BCUT2D eigenvalue weighted by atomic mass is 10.1. The van der Waals surface area contributed by atoms with E-state index < -0.39 is 23.7 Å². The van der Waals surface area contributed by atoms with Crippen LogP contribution in [0, 0.1) is 5.82 Å². The van der Waals surface area contributed by atoms with Crippen LogP contribution >= 0.6 is 0 Å². The summed E-state index contributed by atoms with van der Waals surface area (Å²) in [6, 6.07) is 16.1. The minimum Gasteiger partial charge on any atom is -0.494 e. The maximum atomic E-state index is 14.7. The number of ether oxygens (including phenoxy) is 4. The quantitative estimate of drug-likeness (QED) is 0.0749. The normalized spacial score (nSPS) is 11.5. The van der Waals surface area contributed by atoms with Gasteiger partial charge in [-0.2, -0.15) is 0 Å². The zero-order chi connectivity index (χ0) is 32.4. The smallest absolute Gasteiger partial charge is 0.343 e. The van der Waals surface area contributed by atoms with Gasteiger partial charge in [-0.3, -0.25) is 0 Å². The Morgan fingerprint density at radius 2 is 1.13 bits per heavy atom. The molecule has 8 heteroatoms. The third kappa shape index (κ3) is 12.4. The van der Waals surface area contributed by atoms with Crippen molar-refractivity contribution in [3.63, 3.8) is 0 Å². The molecular weight excluding hydrogens is 575 g/mol. The van der Waals surface area contributed by atoms with Gasteiger partial charge >= 0.3 is 17.9 Å². The van der Waals surface area contributed by atoms with Crippen LogP contribution in [0.5, 0.6) is 17.2 Å². The summed E-state index contributed by atoms with van der Waals surface area (Å²) < 4.78 is 36.5. The minimum absolute atomic E-state index is 0.0587. The molecule has 0 saturated carbocycles. The molecule has 0 spiro atoms. The molecule has 0 aliphatic heterocycles. The molecule has 0 N–H and O–H groups in total. The zero-order valence-corrected chi connectivity index (χ0v) is 26.6. The minimum atomic E-state index is -0.844. The summed E-state index contributed by atoms with van der Waals surface area (Å²) in [5.74, 6) is -2.01. The van der Waals surface area contributed by atoms with Gasteiger partial charge < -0.3 is 18.9 Å². The molecule has 0 saturated heterocycles. The number of benzene rings is 3. The first-order valence-electron chi connectivity index (χ1n) is 16.1. The molecule has 0 aliphatic rings. The summed E-state index contributed by atoms with van der Waals surface area (Å²) in [7, 11) is 0. The Balaban J connectivity index is 1.45. The lowest BCUT2D eigenvalue weighted by molar-refractivity contribution is 0.0314. The monoisotopic (exact) mass is 620 g/mol. The first-order valence-corrected chi connectivity index (χ1v) is 16.1. The molecule has 0 aliphatic carbocycles. The van der Waals surface area contributed by atoms with Crippen molar-refractivity contribution in [2.24, 2.45) is 0 Å². The summed E-state index contributed by atoms with van der Waals surface area (Å²) in [6.45, 7) is 6.75. The molecule has 3 aromatic rings. The van der Waals surface area contributed by atoms with Crippen LogP contribution in [0.25, 0.3) is 0 Å². The van der Waals surface area contributed by atoms with Crippen LogP contribution in [-0.2, 0) is 4.74 Å². The van der Waals surface area contributed by atoms with Crippen molar-refractivity contribution in [1.82, 2.24) is 0 Å². The van der Waals surface area contributed by atoms with E-state index in [-0.39, 0.29) is 28.7 Å². The topological polar surface area (TPSA) is 88.1 Å². The van der Waals surface area contributed by atoms with E-state index >= 15 is 0 Å². The average Bonchev–Trinajstić information content (AvgIpc) is 3.03. The van der Waals surface area contributed by atoms with Gasteiger partial charge in [0.2, 0.25) is 0 Å². The second kappa shape index (κ2) is 19.2. The molecule has 0 amide bonds. The largest absolute Gasteiger partial charge is 0.494 e. The van der Waals surface area contributed by atoms with E-state index in [9.17, 15) is 18.8 Å². The third-order valence-electron chi connectivity index (χ3n) is 7.30. The molecule has 7 nitrogen and oxygen atoms in total. The van der Waals surface area contributed by atoms with E-state index in [2.05, 4.69) is 13.8 Å². The number of halogens is 1. The molecule has 0 aromatic heterocycles. The first-order chi connectivity index (χ1) is 21.8. The first kappa shape index (κ1) is 35.3. The standard InChI is InChI=1S/C37H45FO7/c1-4-6-8-10-11-13-25-42-30-19-15-28(16-20-30)35(39)44-31-21-17-29(18-22-31)36(40)45-32-23-24-33(34(38)26-32)37(41)43-27(3)14-12-9-7-5-2/h15-24,26-27H,4-14,25H2,1-3H3. The Hall–Kier alpha value is -4.20. The summed E-state index contributed by atoms with van der Waals surface area (Å²) in [5.41, 5.74) is 0.306. The number of unbranched alkanes of at least 4 members (excludes halogenated alkanes) is 8. The van der Waals surface area contributed by atoms with Crippen molar-refractivity contribution in [1.29, 1.82) is 0 Å². The maximum Gasteiger partial charge on any atom is 0.343 e. The molecule has 0 heterocycles. The third-order valence-corrected chi connectivity index (χ3v) is 7.30. The molecule has 45 heavy (non-hydrogen) atoms. The molecule has 3 rings (SSSR count). The molecule has 0 fully saturated rings. The lowest BCUT2D eigenvalue weighted by Gasteiger charge is -2.14. The summed E-state index contributed by atoms with van der Waals surface area (Å²) >= 11 is 0. The van der Waals surface area contributed by atoms with Gasteiger partial charge in [0.05, 0.1) is 29.4 Å². The Morgan fingerprint density at radius 3 is 1.73 bits per heavy atom. The predicted molar refractivity (Wildman–Crippen MR) is 172 cm³/mol. The van der Waals surface area contributed by atoms with E-state index in [1.54, 1.807) is 31.2 Å². The van der Waals surface area contributed by atoms with Gasteiger partial charge in [-0.1, -0.05) is 65.2 Å². The van der Waals surface area contributed by atoms with Gasteiger partial charge in [0.25, 0.3) is 0 Å². The van der Waals surface area contributed by atoms with Crippen molar-refractivity contribution in [3.8, 4) is 17.2 Å². The second-order valence-corrected chi connectivity index (χ2v) is 11.2. The molecule has 242 valence electrons. The zero-order valence-electron chi connectivity index (χ0n) is 26.6. The van der Waals surface area contributed by atoms with Gasteiger partial charge in [-0.15, -0.1) is 0 Å². The molecule has 1 atom stereocenters. The number of hydrogen-bond acceptors (Lipinski definition) is 7. The SMILES string of the molecule is CCCCCCCCOc1ccc(C(=O)Oc2ccc(C(=O)Oc3ccc(C(=O)OC(C)CCCCCC)c(F)c3)cc2)cc1. The fraction of sp³-hybridized carbons (Fsp3) is 0.432. The second-order valence-electron chi connectivity index (χ2n) is 11.2.